The summed E-state index contributed by atoms with van der Waals surface area (Å²) in [6.45, 7) is 4.26. The van der Waals surface area contributed by atoms with Crippen LogP contribution < -0.4 is 5.32 Å². The van der Waals surface area contributed by atoms with Gasteiger partial charge in [0.15, 0.2) is 5.96 Å². The standard InChI is InChI=1S/C22H29N3/c1-2-11-21-18-23-22(24-20-15-7-4-8-16-20)25(21)17-10-9-14-19-12-5-3-6-13-19/h3-8,12-13,15-16,21H,2,9-11,14,17-18H2,1H3,(H,23,24)/t21-/m0/s1. The zero-order valence-corrected chi connectivity index (χ0v) is 15.2. The van der Waals surface area contributed by atoms with Crippen molar-refractivity contribution in [2.45, 2.75) is 45.1 Å². The maximum atomic E-state index is 4.78. The van der Waals surface area contributed by atoms with Crippen molar-refractivity contribution in [2.24, 2.45) is 4.99 Å². The monoisotopic (exact) mass is 335 g/mol. The Morgan fingerprint density at radius 2 is 1.72 bits per heavy atom. The summed E-state index contributed by atoms with van der Waals surface area (Å²) in [6, 6.07) is 21.7. The van der Waals surface area contributed by atoms with Crippen molar-refractivity contribution in [1.29, 1.82) is 0 Å². The average molecular weight is 335 g/mol. The Hall–Kier alpha value is -2.29. The lowest BCUT2D eigenvalue weighted by Gasteiger charge is -2.28. The molecule has 0 bridgehead atoms. The van der Waals surface area contributed by atoms with Crippen molar-refractivity contribution < 1.29 is 0 Å². The molecule has 0 radical (unpaired) electrons. The van der Waals surface area contributed by atoms with Gasteiger partial charge in [0.05, 0.1) is 12.6 Å². The third-order valence-corrected chi connectivity index (χ3v) is 4.77. The van der Waals surface area contributed by atoms with E-state index in [1.807, 2.05) is 6.07 Å². The molecule has 0 spiro atoms. The summed E-state index contributed by atoms with van der Waals surface area (Å²) in [5.74, 6) is 1.05. The molecule has 1 aliphatic rings. The van der Waals surface area contributed by atoms with E-state index in [0.717, 1.165) is 31.2 Å². The zero-order valence-electron chi connectivity index (χ0n) is 15.2. The Kier molecular flexibility index (Phi) is 6.49. The highest BCUT2D eigenvalue weighted by atomic mass is 15.4. The van der Waals surface area contributed by atoms with Gasteiger partial charge in [-0.2, -0.15) is 0 Å². The molecule has 2 aromatic carbocycles. The molecular formula is C22H29N3. The number of aryl methyl sites for hydroxylation is 1. The molecule has 25 heavy (non-hydrogen) atoms. The summed E-state index contributed by atoms with van der Waals surface area (Å²) in [5, 5.41) is 3.51. The maximum absolute atomic E-state index is 4.78. The van der Waals surface area contributed by atoms with E-state index >= 15 is 0 Å². The molecule has 3 nitrogen and oxygen atoms in total. The van der Waals surface area contributed by atoms with Crippen LogP contribution in [0.1, 0.15) is 38.2 Å². The van der Waals surface area contributed by atoms with Crippen LogP contribution in [0.5, 0.6) is 0 Å². The number of anilines is 1. The van der Waals surface area contributed by atoms with E-state index in [-0.39, 0.29) is 0 Å². The van der Waals surface area contributed by atoms with Gasteiger partial charge < -0.3 is 10.2 Å². The van der Waals surface area contributed by atoms with E-state index in [1.165, 1.54) is 31.2 Å². The number of guanidine groups is 1. The molecule has 0 aromatic heterocycles. The number of rotatable bonds is 8. The van der Waals surface area contributed by atoms with Gasteiger partial charge in [-0.3, -0.25) is 4.99 Å². The van der Waals surface area contributed by atoms with E-state index < -0.39 is 0 Å². The zero-order chi connectivity index (χ0) is 17.3. The topological polar surface area (TPSA) is 27.6 Å². The van der Waals surface area contributed by atoms with Gasteiger partial charge in [0.25, 0.3) is 0 Å². The van der Waals surface area contributed by atoms with E-state index in [9.17, 15) is 0 Å². The van der Waals surface area contributed by atoms with Gasteiger partial charge in [0.1, 0.15) is 0 Å². The molecule has 0 amide bonds. The Morgan fingerprint density at radius 3 is 2.44 bits per heavy atom. The minimum absolute atomic E-state index is 0.549. The highest BCUT2D eigenvalue weighted by molar-refractivity contribution is 5.95. The van der Waals surface area contributed by atoms with Gasteiger partial charge in [0, 0.05) is 12.2 Å². The lowest BCUT2D eigenvalue weighted by Crippen LogP contribution is -2.40. The van der Waals surface area contributed by atoms with Crippen LogP contribution in [-0.2, 0) is 6.42 Å². The minimum Gasteiger partial charge on any atom is -0.338 e. The molecule has 3 rings (SSSR count). The summed E-state index contributed by atoms with van der Waals surface area (Å²) in [7, 11) is 0. The SMILES string of the molecule is CCC[C@H]1CN=C(Nc2ccccc2)N1CCCCc1ccccc1. The lowest BCUT2D eigenvalue weighted by atomic mass is 10.1. The normalized spacial score (nSPS) is 16.8. The molecule has 1 N–H and O–H groups in total. The summed E-state index contributed by atoms with van der Waals surface area (Å²) in [6.07, 6.45) is 6.00. The molecule has 1 atom stereocenters. The second-order valence-electron chi connectivity index (χ2n) is 6.73. The first-order valence-electron chi connectivity index (χ1n) is 9.54. The van der Waals surface area contributed by atoms with Crippen molar-refractivity contribution >= 4 is 11.6 Å². The van der Waals surface area contributed by atoms with Crippen LogP contribution in [0, 0.1) is 0 Å². The molecule has 1 aliphatic heterocycles. The van der Waals surface area contributed by atoms with Gasteiger partial charge in [0.2, 0.25) is 0 Å². The molecule has 0 fully saturated rings. The number of para-hydroxylation sites is 1. The van der Waals surface area contributed by atoms with Crippen molar-refractivity contribution in [3.63, 3.8) is 0 Å². The summed E-state index contributed by atoms with van der Waals surface area (Å²) >= 11 is 0. The Balaban J connectivity index is 1.53. The fourth-order valence-corrected chi connectivity index (χ4v) is 3.44. The van der Waals surface area contributed by atoms with Crippen molar-refractivity contribution in [2.75, 3.05) is 18.4 Å². The van der Waals surface area contributed by atoms with Crippen LogP contribution in [0.4, 0.5) is 5.69 Å². The lowest BCUT2D eigenvalue weighted by molar-refractivity contribution is 0.317. The predicted molar refractivity (Wildman–Crippen MR) is 107 cm³/mol. The van der Waals surface area contributed by atoms with E-state index in [2.05, 4.69) is 71.7 Å². The van der Waals surface area contributed by atoms with Gasteiger partial charge >= 0.3 is 0 Å². The molecule has 2 aromatic rings. The number of nitrogens with zero attached hydrogens (tertiary/aromatic N) is 2. The van der Waals surface area contributed by atoms with Crippen molar-refractivity contribution in [3.05, 3.63) is 66.2 Å². The molecule has 1 heterocycles. The fraction of sp³-hybridized carbons (Fsp3) is 0.409. The number of aliphatic imine (C=N–C) groups is 1. The second-order valence-corrected chi connectivity index (χ2v) is 6.73. The van der Waals surface area contributed by atoms with Crippen LogP contribution in [0.3, 0.4) is 0 Å². The first-order valence-corrected chi connectivity index (χ1v) is 9.54. The molecule has 0 saturated carbocycles. The Labute approximate surface area is 151 Å². The number of hydrogen-bond acceptors (Lipinski definition) is 3. The van der Waals surface area contributed by atoms with E-state index in [1.54, 1.807) is 0 Å². The number of unbranched alkanes of at least 4 members (excludes halogenated alkanes) is 1. The number of benzene rings is 2. The van der Waals surface area contributed by atoms with Gasteiger partial charge in [-0.15, -0.1) is 0 Å². The fourth-order valence-electron chi connectivity index (χ4n) is 3.44. The second kappa shape index (κ2) is 9.26. The largest absolute Gasteiger partial charge is 0.338 e. The van der Waals surface area contributed by atoms with Crippen molar-refractivity contribution in [1.82, 2.24) is 4.90 Å². The van der Waals surface area contributed by atoms with Crippen molar-refractivity contribution in [3.8, 4) is 0 Å². The molecule has 0 saturated heterocycles. The molecule has 0 aliphatic carbocycles. The predicted octanol–water partition coefficient (Wildman–Crippen LogP) is 4.96. The van der Waals surface area contributed by atoms with Crippen LogP contribution in [0.2, 0.25) is 0 Å². The molecule has 3 heteroatoms. The minimum atomic E-state index is 0.549. The van der Waals surface area contributed by atoms with Gasteiger partial charge in [-0.1, -0.05) is 61.9 Å². The Bertz CT molecular complexity index is 651. The number of nitrogens with one attached hydrogen (secondary N) is 1. The van der Waals surface area contributed by atoms with Crippen LogP contribution in [-0.4, -0.2) is 30.0 Å². The first-order chi connectivity index (χ1) is 12.4. The molecule has 0 unspecified atom stereocenters. The third-order valence-electron chi connectivity index (χ3n) is 4.77. The van der Waals surface area contributed by atoms with Gasteiger partial charge in [-0.25, -0.2) is 0 Å². The summed E-state index contributed by atoms with van der Waals surface area (Å²) in [5.41, 5.74) is 2.55. The molecule has 132 valence electrons. The third kappa shape index (κ3) is 5.09. The van der Waals surface area contributed by atoms with Crippen LogP contribution >= 0.6 is 0 Å². The average Bonchev–Trinajstić information content (AvgIpc) is 3.02. The molecular weight excluding hydrogens is 306 g/mol. The summed E-state index contributed by atoms with van der Waals surface area (Å²) in [4.78, 5) is 7.27. The van der Waals surface area contributed by atoms with E-state index in [4.69, 9.17) is 4.99 Å². The summed E-state index contributed by atoms with van der Waals surface area (Å²) < 4.78 is 0. The van der Waals surface area contributed by atoms with Crippen LogP contribution in [0.25, 0.3) is 0 Å². The Morgan fingerprint density at radius 1 is 1.00 bits per heavy atom. The first kappa shape index (κ1) is 17.5. The van der Waals surface area contributed by atoms with Gasteiger partial charge in [-0.05, 0) is 43.4 Å². The smallest absolute Gasteiger partial charge is 0.198 e. The number of hydrogen-bond donors (Lipinski definition) is 1. The van der Waals surface area contributed by atoms with Crippen LogP contribution in [0.15, 0.2) is 65.7 Å². The highest BCUT2D eigenvalue weighted by Gasteiger charge is 2.26. The maximum Gasteiger partial charge on any atom is 0.198 e. The highest BCUT2D eigenvalue weighted by Crippen LogP contribution is 2.19. The quantitative estimate of drug-likeness (QED) is 0.690. The van der Waals surface area contributed by atoms with E-state index in [0.29, 0.717) is 6.04 Å².